The highest BCUT2D eigenvalue weighted by atomic mass is 16.5. The van der Waals surface area contributed by atoms with Crippen molar-refractivity contribution in [2.45, 2.75) is 20.3 Å². The quantitative estimate of drug-likeness (QED) is 0.366. The Morgan fingerprint density at radius 1 is 0.854 bits per heavy atom. The third kappa shape index (κ3) is 7.45. The van der Waals surface area contributed by atoms with Gasteiger partial charge in [0.1, 0.15) is 12.3 Å². The van der Waals surface area contributed by atoms with E-state index < -0.39 is 0 Å². The first-order chi connectivity index (χ1) is 19.8. The summed E-state index contributed by atoms with van der Waals surface area (Å²) in [6.45, 7) is 7.19. The van der Waals surface area contributed by atoms with Crippen LogP contribution in [0.2, 0.25) is 0 Å². The molecule has 41 heavy (non-hydrogen) atoms. The van der Waals surface area contributed by atoms with Gasteiger partial charge in [-0.1, -0.05) is 13.8 Å². The molecule has 0 radical (unpaired) electrons. The molecular weight excluding hydrogens is 522 g/mol. The third-order valence-electron chi connectivity index (χ3n) is 7.04. The number of amides is 2. The summed E-state index contributed by atoms with van der Waals surface area (Å²) in [5.74, 6) is 2.75. The zero-order valence-corrected chi connectivity index (χ0v) is 24.5. The molecular formula is C31H39N5O5. The Hall–Kier alpha value is -4.34. The lowest BCUT2D eigenvalue weighted by atomic mass is 10.1. The predicted molar refractivity (Wildman–Crippen MR) is 158 cm³/mol. The molecule has 3 aromatic rings. The van der Waals surface area contributed by atoms with Gasteiger partial charge in [-0.2, -0.15) is 0 Å². The molecule has 1 fully saturated rings. The molecule has 1 aliphatic rings. The van der Waals surface area contributed by atoms with Crippen LogP contribution in [0.4, 0.5) is 5.82 Å². The Balaban J connectivity index is 1.39. The average molecular weight is 562 g/mol. The first-order valence-corrected chi connectivity index (χ1v) is 13.8. The number of anilines is 1. The lowest BCUT2D eigenvalue weighted by Gasteiger charge is -2.28. The highest BCUT2D eigenvalue weighted by Gasteiger charge is 2.25. The standard InChI is InChI=1S/C31H39N5O5/c1-22(2)20-36(31(38)23-7-10-25(39-3)11-8-23)21-30(37)35-16-6-15-34(17-18-35)29-14-12-26(32-33-29)24-9-13-27(40-4)28(19-24)41-5/h7-14,19,22H,6,15-18,20-21H2,1-5H3. The third-order valence-corrected chi connectivity index (χ3v) is 7.04. The summed E-state index contributed by atoms with van der Waals surface area (Å²) in [6, 6.07) is 16.5. The second kappa shape index (κ2) is 13.8. The van der Waals surface area contributed by atoms with Crippen molar-refractivity contribution in [2.75, 3.05) is 65.5 Å². The number of hydrogen-bond donors (Lipinski definition) is 0. The minimum absolute atomic E-state index is 0.0445. The summed E-state index contributed by atoms with van der Waals surface area (Å²) < 4.78 is 15.9. The minimum Gasteiger partial charge on any atom is -0.497 e. The Morgan fingerprint density at radius 2 is 1.61 bits per heavy atom. The summed E-state index contributed by atoms with van der Waals surface area (Å²) in [5, 5.41) is 8.92. The molecule has 0 atom stereocenters. The minimum atomic E-state index is -0.156. The monoisotopic (exact) mass is 561 g/mol. The van der Waals surface area contributed by atoms with Crippen molar-refractivity contribution in [1.29, 1.82) is 0 Å². The summed E-state index contributed by atoms with van der Waals surface area (Å²) in [5.41, 5.74) is 2.15. The van der Waals surface area contributed by atoms with E-state index in [9.17, 15) is 9.59 Å². The molecule has 10 heteroatoms. The molecule has 10 nitrogen and oxygen atoms in total. The molecule has 1 aliphatic heterocycles. The van der Waals surface area contributed by atoms with Crippen LogP contribution in [0.15, 0.2) is 54.6 Å². The van der Waals surface area contributed by atoms with Gasteiger partial charge in [-0.05, 0) is 66.9 Å². The number of ether oxygens (including phenoxy) is 3. The zero-order chi connectivity index (χ0) is 29.4. The number of carbonyl (C=O) groups is 2. The van der Waals surface area contributed by atoms with Crippen molar-refractivity contribution in [1.82, 2.24) is 20.0 Å². The van der Waals surface area contributed by atoms with Gasteiger partial charge in [0.2, 0.25) is 5.91 Å². The van der Waals surface area contributed by atoms with E-state index >= 15 is 0 Å². The number of benzene rings is 2. The van der Waals surface area contributed by atoms with E-state index in [-0.39, 0.29) is 24.3 Å². The smallest absolute Gasteiger partial charge is 0.254 e. The second-order valence-electron chi connectivity index (χ2n) is 10.4. The molecule has 218 valence electrons. The number of hydrogen-bond acceptors (Lipinski definition) is 8. The Bertz CT molecular complexity index is 1310. The highest BCUT2D eigenvalue weighted by Crippen LogP contribution is 2.31. The lowest BCUT2D eigenvalue weighted by Crippen LogP contribution is -2.45. The van der Waals surface area contributed by atoms with Crippen molar-refractivity contribution >= 4 is 17.6 Å². The lowest BCUT2D eigenvalue weighted by molar-refractivity contribution is -0.131. The molecule has 0 N–H and O–H groups in total. The SMILES string of the molecule is COc1ccc(C(=O)N(CC(=O)N2CCCN(c3ccc(-c4ccc(OC)c(OC)c4)nn3)CC2)CC(C)C)cc1. The molecule has 0 spiro atoms. The van der Waals surface area contributed by atoms with Crippen LogP contribution in [-0.2, 0) is 4.79 Å². The van der Waals surface area contributed by atoms with E-state index in [1.807, 2.05) is 49.1 Å². The van der Waals surface area contributed by atoms with E-state index in [1.165, 1.54) is 0 Å². The van der Waals surface area contributed by atoms with Crippen molar-refractivity contribution in [3.63, 3.8) is 0 Å². The van der Waals surface area contributed by atoms with Crippen molar-refractivity contribution in [3.8, 4) is 28.5 Å². The molecule has 2 heterocycles. The average Bonchev–Trinajstić information content (AvgIpc) is 3.26. The Kier molecular flexibility index (Phi) is 10.00. The fourth-order valence-electron chi connectivity index (χ4n) is 4.88. The van der Waals surface area contributed by atoms with Crippen molar-refractivity contribution in [2.24, 2.45) is 5.92 Å². The fraction of sp³-hybridized carbons (Fsp3) is 0.419. The van der Waals surface area contributed by atoms with Crippen molar-refractivity contribution < 1.29 is 23.8 Å². The molecule has 0 unspecified atom stereocenters. The summed E-state index contributed by atoms with van der Waals surface area (Å²) in [6.07, 6.45) is 0.793. The Labute approximate surface area is 241 Å². The van der Waals surface area contributed by atoms with Gasteiger partial charge in [0.05, 0.1) is 27.0 Å². The molecule has 0 aliphatic carbocycles. The molecule has 2 aromatic carbocycles. The molecule has 1 saturated heterocycles. The molecule has 0 saturated carbocycles. The van der Waals surface area contributed by atoms with Gasteiger partial charge in [0.25, 0.3) is 5.91 Å². The van der Waals surface area contributed by atoms with Gasteiger partial charge in [0, 0.05) is 43.9 Å². The molecule has 4 rings (SSSR count). The maximum absolute atomic E-state index is 13.4. The second-order valence-corrected chi connectivity index (χ2v) is 10.4. The van der Waals surface area contributed by atoms with Crippen LogP contribution >= 0.6 is 0 Å². The van der Waals surface area contributed by atoms with E-state index in [2.05, 4.69) is 15.1 Å². The number of nitrogens with zero attached hydrogens (tertiary/aromatic N) is 5. The molecule has 1 aromatic heterocycles. The topological polar surface area (TPSA) is 97.3 Å². The predicted octanol–water partition coefficient (Wildman–Crippen LogP) is 4.01. The number of carbonyl (C=O) groups excluding carboxylic acids is 2. The van der Waals surface area contributed by atoms with Gasteiger partial charge >= 0.3 is 0 Å². The van der Waals surface area contributed by atoms with Crippen LogP contribution in [0.1, 0.15) is 30.6 Å². The first kappa shape index (κ1) is 29.6. The molecule has 0 bridgehead atoms. The van der Waals surface area contributed by atoms with Crippen molar-refractivity contribution in [3.05, 3.63) is 60.2 Å². The summed E-state index contributed by atoms with van der Waals surface area (Å²) in [7, 11) is 4.79. The fourth-order valence-corrected chi connectivity index (χ4v) is 4.88. The normalized spacial score (nSPS) is 13.5. The molecule has 2 amide bonds. The van der Waals surface area contributed by atoms with Crippen LogP contribution in [0.25, 0.3) is 11.3 Å². The van der Waals surface area contributed by atoms with Gasteiger partial charge in [-0.25, -0.2) is 0 Å². The maximum Gasteiger partial charge on any atom is 0.254 e. The van der Waals surface area contributed by atoms with Crippen LogP contribution in [-0.4, -0.2) is 92.4 Å². The van der Waals surface area contributed by atoms with E-state index in [0.29, 0.717) is 49.0 Å². The first-order valence-electron chi connectivity index (χ1n) is 13.8. The number of methoxy groups -OCH3 is 3. The van der Waals surface area contributed by atoms with E-state index in [0.717, 1.165) is 30.0 Å². The highest BCUT2D eigenvalue weighted by molar-refractivity contribution is 5.96. The van der Waals surface area contributed by atoms with Gasteiger partial charge in [-0.3, -0.25) is 9.59 Å². The summed E-state index contributed by atoms with van der Waals surface area (Å²) >= 11 is 0. The number of rotatable bonds is 10. The van der Waals surface area contributed by atoms with E-state index in [1.54, 1.807) is 50.5 Å². The number of aromatic nitrogens is 2. The van der Waals surface area contributed by atoms with Gasteiger partial charge in [-0.15, -0.1) is 10.2 Å². The maximum atomic E-state index is 13.4. The largest absolute Gasteiger partial charge is 0.497 e. The van der Waals surface area contributed by atoms with Crippen LogP contribution in [0.3, 0.4) is 0 Å². The van der Waals surface area contributed by atoms with E-state index in [4.69, 9.17) is 14.2 Å². The summed E-state index contributed by atoms with van der Waals surface area (Å²) in [4.78, 5) is 32.3. The van der Waals surface area contributed by atoms with Gasteiger partial charge < -0.3 is 28.9 Å². The Morgan fingerprint density at radius 3 is 2.24 bits per heavy atom. The zero-order valence-electron chi connectivity index (χ0n) is 24.5. The van der Waals surface area contributed by atoms with Crippen LogP contribution in [0.5, 0.6) is 17.2 Å². The van der Waals surface area contributed by atoms with Gasteiger partial charge in [0.15, 0.2) is 17.3 Å². The van der Waals surface area contributed by atoms with Crippen LogP contribution in [0, 0.1) is 5.92 Å². The van der Waals surface area contributed by atoms with Crippen LogP contribution < -0.4 is 19.1 Å².